The molecule has 0 bridgehead atoms. The number of halogens is 2. The Morgan fingerprint density at radius 1 is 1.50 bits per heavy atom. The van der Waals surface area contributed by atoms with E-state index in [9.17, 15) is 0 Å². The lowest BCUT2D eigenvalue weighted by Crippen LogP contribution is -2.45. The molecule has 1 heterocycles. The summed E-state index contributed by atoms with van der Waals surface area (Å²) in [5.41, 5.74) is 1.27. The molecule has 0 saturated carbocycles. The summed E-state index contributed by atoms with van der Waals surface area (Å²) in [5, 5.41) is 4.43. The third kappa shape index (κ3) is 3.70. The zero-order chi connectivity index (χ0) is 13.1. The van der Waals surface area contributed by atoms with Crippen molar-refractivity contribution in [2.75, 3.05) is 13.6 Å². The standard InChI is InChI=1S/C14H20BrClN2/c1-10-7-13(5-6-18(10)2)17-9-11-3-4-12(16)8-14(11)15/h3-4,8,10,13,17H,5-7,9H2,1-2H3. The van der Waals surface area contributed by atoms with Gasteiger partial charge in [-0.05, 0) is 51.1 Å². The van der Waals surface area contributed by atoms with Crippen molar-refractivity contribution in [2.24, 2.45) is 0 Å². The van der Waals surface area contributed by atoms with Crippen LogP contribution in [0.15, 0.2) is 22.7 Å². The van der Waals surface area contributed by atoms with E-state index in [1.54, 1.807) is 0 Å². The fourth-order valence-electron chi connectivity index (χ4n) is 2.39. The highest BCUT2D eigenvalue weighted by atomic mass is 79.9. The second-order valence-electron chi connectivity index (χ2n) is 5.17. The van der Waals surface area contributed by atoms with Crippen molar-refractivity contribution in [1.82, 2.24) is 10.2 Å². The molecule has 2 nitrogen and oxygen atoms in total. The van der Waals surface area contributed by atoms with Crippen LogP contribution in [0.1, 0.15) is 25.3 Å². The van der Waals surface area contributed by atoms with Gasteiger partial charge in [0, 0.05) is 28.1 Å². The van der Waals surface area contributed by atoms with Crippen LogP contribution in [-0.4, -0.2) is 30.6 Å². The number of nitrogens with zero attached hydrogens (tertiary/aromatic N) is 1. The highest BCUT2D eigenvalue weighted by Gasteiger charge is 2.22. The fourth-order valence-corrected chi connectivity index (χ4v) is 3.22. The van der Waals surface area contributed by atoms with Crippen LogP contribution in [-0.2, 0) is 6.54 Å². The molecule has 0 radical (unpaired) electrons. The van der Waals surface area contributed by atoms with Gasteiger partial charge in [0.25, 0.3) is 0 Å². The first-order chi connectivity index (χ1) is 8.56. The Balaban J connectivity index is 1.88. The minimum Gasteiger partial charge on any atom is -0.310 e. The van der Waals surface area contributed by atoms with Crippen LogP contribution in [0.25, 0.3) is 0 Å². The lowest BCUT2D eigenvalue weighted by Gasteiger charge is -2.35. The third-order valence-electron chi connectivity index (χ3n) is 3.80. The first-order valence-electron chi connectivity index (χ1n) is 6.44. The van der Waals surface area contributed by atoms with E-state index in [4.69, 9.17) is 11.6 Å². The molecule has 1 saturated heterocycles. The molecule has 2 rings (SSSR count). The van der Waals surface area contributed by atoms with Gasteiger partial charge in [-0.2, -0.15) is 0 Å². The average molecular weight is 332 g/mol. The Labute approximate surface area is 123 Å². The van der Waals surface area contributed by atoms with E-state index in [1.807, 2.05) is 12.1 Å². The van der Waals surface area contributed by atoms with Crippen LogP contribution in [0.4, 0.5) is 0 Å². The molecule has 0 spiro atoms. The first kappa shape index (κ1) is 14.3. The van der Waals surface area contributed by atoms with Crippen LogP contribution < -0.4 is 5.32 Å². The van der Waals surface area contributed by atoms with Crippen molar-refractivity contribution >= 4 is 27.5 Å². The summed E-state index contributed by atoms with van der Waals surface area (Å²) >= 11 is 9.51. The van der Waals surface area contributed by atoms with Crippen molar-refractivity contribution in [3.05, 3.63) is 33.3 Å². The van der Waals surface area contributed by atoms with Gasteiger partial charge in [0.2, 0.25) is 0 Å². The second kappa shape index (κ2) is 6.38. The largest absolute Gasteiger partial charge is 0.310 e. The molecule has 1 N–H and O–H groups in total. The van der Waals surface area contributed by atoms with E-state index < -0.39 is 0 Å². The van der Waals surface area contributed by atoms with E-state index in [2.05, 4.69) is 46.2 Å². The number of hydrogen-bond donors (Lipinski definition) is 1. The molecular formula is C14H20BrClN2. The lowest BCUT2D eigenvalue weighted by molar-refractivity contribution is 0.168. The van der Waals surface area contributed by atoms with Crippen LogP contribution in [0.3, 0.4) is 0 Å². The van der Waals surface area contributed by atoms with Gasteiger partial charge < -0.3 is 10.2 Å². The SMILES string of the molecule is CC1CC(NCc2ccc(Cl)cc2Br)CCN1C. The van der Waals surface area contributed by atoms with Gasteiger partial charge in [-0.15, -0.1) is 0 Å². The molecule has 1 aromatic rings. The Kier molecular flexibility index (Phi) is 5.07. The maximum atomic E-state index is 5.95. The normalized spacial score (nSPS) is 25.3. The van der Waals surface area contributed by atoms with Gasteiger partial charge in [0.1, 0.15) is 0 Å². The number of rotatable bonds is 3. The first-order valence-corrected chi connectivity index (χ1v) is 7.61. The predicted octanol–water partition coefficient (Wildman–Crippen LogP) is 3.67. The Hall–Kier alpha value is -0.0900. The molecule has 2 unspecified atom stereocenters. The Morgan fingerprint density at radius 2 is 2.28 bits per heavy atom. The molecule has 0 aromatic heterocycles. The molecule has 1 aliphatic rings. The molecule has 18 heavy (non-hydrogen) atoms. The number of piperidine rings is 1. The summed E-state index contributed by atoms with van der Waals surface area (Å²) in [5.74, 6) is 0. The molecule has 4 heteroatoms. The van der Waals surface area contributed by atoms with E-state index in [0.717, 1.165) is 16.0 Å². The second-order valence-corrected chi connectivity index (χ2v) is 6.46. The van der Waals surface area contributed by atoms with Gasteiger partial charge in [-0.1, -0.05) is 33.6 Å². The summed E-state index contributed by atoms with van der Waals surface area (Å²) in [6.07, 6.45) is 2.45. The molecule has 2 atom stereocenters. The van der Waals surface area contributed by atoms with Crippen molar-refractivity contribution in [2.45, 2.75) is 38.4 Å². The molecule has 100 valence electrons. The minimum atomic E-state index is 0.624. The molecule has 1 aliphatic heterocycles. The van der Waals surface area contributed by atoms with Crippen molar-refractivity contribution in [3.8, 4) is 0 Å². The van der Waals surface area contributed by atoms with Crippen LogP contribution in [0.2, 0.25) is 5.02 Å². The molecule has 1 fully saturated rings. The number of likely N-dealkylation sites (tertiary alicyclic amines) is 1. The van der Waals surface area contributed by atoms with E-state index in [1.165, 1.54) is 24.9 Å². The van der Waals surface area contributed by atoms with E-state index in [0.29, 0.717) is 12.1 Å². The maximum Gasteiger partial charge on any atom is 0.0417 e. The summed E-state index contributed by atoms with van der Waals surface area (Å²) < 4.78 is 1.09. The molecular weight excluding hydrogens is 312 g/mol. The Morgan fingerprint density at radius 3 is 2.94 bits per heavy atom. The predicted molar refractivity (Wildman–Crippen MR) is 81.1 cm³/mol. The van der Waals surface area contributed by atoms with Crippen molar-refractivity contribution in [1.29, 1.82) is 0 Å². The van der Waals surface area contributed by atoms with Crippen LogP contribution in [0, 0.1) is 0 Å². The van der Waals surface area contributed by atoms with E-state index in [-0.39, 0.29) is 0 Å². The monoisotopic (exact) mass is 330 g/mol. The quantitative estimate of drug-likeness (QED) is 0.909. The summed E-state index contributed by atoms with van der Waals surface area (Å²) in [4.78, 5) is 2.43. The van der Waals surface area contributed by atoms with Crippen molar-refractivity contribution in [3.63, 3.8) is 0 Å². The average Bonchev–Trinajstić information content (AvgIpc) is 2.32. The summed E-state index contributed by atoms with van der Waals surface area (Å²) in [6, 6.07) is 7.28. The van der Waals surface area contributed by atoms with E-state index >= 15 is 0 Å². The highest BCUT2D eigenvalue weighted by Crippen LogP contribution is 2.22. The topological polar surface area (TPSA) is 15.3 Å². The summed E-state index contributed by atoms with van der Waals surface area (Å²) in [6.45, 7) is 4.38. The number of hydrogen-bond acceptors (Lipinski definition) is 2. The number of nitrogens with one attached hydrogen (secondary N) is 1. The molecule has 1 aromatic carbocycles. The van der Waals surface area contributed by atoms with Gasteiger partial charge >= 0.3 is 0 Å². The van der Waals surface area contributed by atoms with Gasteiger partial charge in [-0.3, -0.25) is 0 Å². The van der Waals surface area contributed by atoms with Crippen LogP contribution in [0.5, 0.6) is 0 Å². The Bertz CT molecular complexity index is 411. The van der Waals surface area contributed by atoms with Crippen molar-refractivity contribution < 1.29 is 0 Å². The number of benzene rings is 1. The molecule has 0 aliphatic carbocycles. The highest BCUT2D eigenvalue weighted by molar-refractivity contribution is 9.10. The third-order valence-corrected chi connectivity index (χ3v) is 4.78. The maximum absolute atomic E-state index is 5.95. The minimum absolute atomic E-state index is 0.624. The smallest absolute Gasteiger partial charge is 0.0417 e. The molecule has 0 amide bonds. The van der Waals surface area contributed by atoms with Gasteiger partial charge in [0.05, 0.1) is 0 Å². The lowest BCUT2D eigenvalue weighted by atomic mass is 9.99. The zero-order valence-electron chi connectivity index (χ0n) is 10.9. The fraction of sp³-hybridized carbons (Fsp3) is 0.571. The van der Waals surface area contributed by atoms with Gasteiger partial charge in [0.15, 0.2) is 0 Å². The zero-order valence-corrected chi connectivity index (χ0v) is 13.3. The van der Waals surface area contributed by atoms with Gasteiger partial charge in [-0.25, -0.2) is 0 Å². The van der Waals surface area contributed by atoms with Crippen LogP contribution >= 0.6 is 27.5 Å². The summed E-state index contributed by atoms with van der Waals surface area (Å²) in [7, 11) is 2.21.